The number of hydrogen-bond acceptors (Lipinski definition) is 3. The van der Waals surface area contributed by atoms with Gasteiger partial charge in [-0.1, -0.05) is 36.2 Å². The van der Waals surface area contributed by atoms with Gasteiger partial charge in [0.15, 0.2) is 11.6 Å². The van der Waals surface area contributed by atoms with E-state index in [1.54, 1.807) is 12.1 Å². The normalized spacial score (nSPS) is 34.3. The topological polar surface area (TPSA) is 27.7 Å². The molecule has 1 saturated heterocycles. The van der Waals surface area contributed by atoms with Crippen molar-refractivity contribution in [1.29, 1.82) is 0 Å². The van der Waals surface area contributed by atoms with Crippen molar-refractivity contribution >= 4 is 12.0 Å². The molecule has 0 aromatic heterocycles. The van der Waals surface area contributed by atoms with Gasteiger partial charge in [-0.25, -0.2) is 4.39 Å². The van der Waals surface area contributed by atoms with Gasteiger partial charge in [-0.15, -0.1) is 5.46 Å². The van der Waals surface area contributed by atoms with E-state index >= 15 is 0 Å². The van der Waals surface area contributed by atoms with Crippen LogP contribution in [-0.2, 0) is 9.31 Å². The average Bonchev–Trinajstić information content (AvgIpc) is 3.24. The predicted molar refractivity (Wildman–Crippen MR) is 84.1 cm³/mol. The zero-order valence-electron chi connectivity index (χ0n) is 14.9. The van der Waals surface area contributed by atoms with Crippen molar-refractivity contribution in [2.24, 2.45) is 5.92 Å². The van der Waals surface area contributed by atoms with Crippen molar-refractivity contribution in [2.75, 3.05) is 7.11 Å². The maximum Gasteiger partial charge on any atom is 1.00 e. The summed E-state index contributed by atoms with van der Waals surface area (Å²) in [7, 11) is 1.48. The predicted octanol–water partition coefficient (Wildman–Crippen LogP) is 0.256. The van der Waals surface area contributed by atoms with Gasteiger partial charge >= 0.3 is 18.9 Å². The molecule has 3 nitrogen and oxygen atoms in total. The van der Waals surface area contributed by atoms with Crippen LogP contribution in [0.4, 0.5) is 4.39 Å². The van der Waals surface area contributed by atoms with Crippen LogP contribution < -0.4 is 29.1 Å². The number of benzene rings is 1. The molecule has 1 heterocycles. The molecule has 4 rings (SSSR count). The molecule has 0 amide bonds. The Morgan fingerprint density at radius 2 is 1.65 bits per heavy atom. The standard InChI is InChI=1S/C17H23BFO3.Li/c1-15(2)16(3,4)22-18(21-15,17-9-11(17)10-17)12-6-7-14(20-5)13(19)8-12;/h6-8,11H,9-10H2,1-5H3;/q-1;+1. The molecule has 0 bridgehead atoms. The minimum absolute atomic E-state index is 0. The fraction of sp³-hybridized carbons (Fsp3) is 0.647. The zero-order chi connectivity index (χ0) is 16.0. The number of hydrogen-bond donors (Lipinski definition) is 0. The molecule has 0 radical (unpaired) electrons. The van der Waals surface area contributed by atoms with Gasteiger partial charge in [0.1, 0.15) is 0 Å². The molecule has 0 spiro atoms. The Labute approximate surface area is 149 Å². The van der Waals surface area contributed by atoms with E-state index in [0.717, 1.165) is 18.3 Å². The SMILES string of the molecule is COc1ccc([B-]2(C34CC3C4)OC(C)(C)C(C)(C)O2)cc1F.[Li+]. The maximum atomic E-state index is 14.3. The summed E-state index contributed by atoms with van der Waals surface area (Å²) in [5.41, 5.74) is 0.0128. The summed E-state index contributed by atoms with van der Waals surface area (Å²) in [5, 5.41) is 0.103. The molecule has 0 unspecified atom stereocenters. The molecule has 0 atom stereocenters. The molecular weight excluding hydrogens is 289 g/mol. The van der Waals surface area contributed by atoms with E-state index in [0.29, 0.717) is 5.92 Å². The summed E-state index contributed by atoms with van der Waals surface area (Å²) in [5.74, 6) is 0.583. The Balaban J connectivity index is 0.00000156. The fourth-order valence-electron chi connectivity index (χ4n) is 4.12. The van der Waals surface area contributed by atoms with Gasteiger partial charge in [0.05, 0.1) is 7.11 Å². The first-order valence-electron chi connectivity index (χ1n) is 8.06. The molecular formula is C17H23BFLiO3. The van der Waals surface area contributed by atoms with E-state index in [1.807, 2.05) is 6.07 Å². The summed E-state index contributed by atoms with van der Waals surface area (Å²) < 4.78 is 32.4. The molecule has 2 aliphatic carbocycles. The molecule has 0 N–H and O–H groups in total. The van der Waals surface area contributed by atoms with Gasteiger partial charge in [0.2, 0.25) is 0 Å². The zero-order valence-corrected chi connectivity index (χ0v) is 14.9. The Bertz CT molecular complexity index is 639. The van der Waals surface area contributed by atoms with Gasteiger partial charge < -0.3 is 14.0 Å². The minimum Gasteiger partial charge on any atom is -0.558 e. The molecule has 23 heavy (non-hydrogen) atoms. The van der Waals surface area contributed by atoms with Crippen molar-refractivity contribution in [3.05, 3.63) is 24.0 Å². The van der Waals surface area contributed by atoms with Crippen molar-refractivity contribution in [2.45, 2.75) is 57.1 Å². The second-order valence-electron chi connectivity index (χ2n) is 8.20. The molecule has 1 aliphatic heterocycles. The Morgan fingerprint density at radius 1 is 1.13 bits per heavy atom. The van der Waals surface area contributed by atoms with Crippen LogP contribution in [0.15, 0.2) is 18.2 Å². The van der Waals surface area contributed by atoms with Crippen LogP contribution in [0, 0.1) is 11.7 Å². The van der Waals surface area contributed by atoms with Gasteiger partial charge in [-0.05, 0) is 33.8 Å². The number of fused-ring (bicyclic) bond motifs is 1. The molecule has 2 saturated carbocycles. The number of halogens is 1. The van der Waals surface area contributed by atoms with E-state index < -0.39 is 17.8 Å². The third-order valence-electron chi connectivity index (χ3n) is 6.49. The van der Waals surface area contributed by atoms with Crippen LogP contribution in [0.5, 0.6) is 5.75 Å². The molecule has 3 aliphatic rings. The maximum absolute atomic E-state index is 14.3. The van der Waals surface area contributed by atoms with Crippen LogP contribution in [-0.4, -0.2) is 24.9 Å². The van der Waals surface area contributed by atoms with Crippen LogP contribution in [0.2, 0.25) is 5.31 Å². The van der Waals surface area contributed by atoms with Crippen LogP contribution in [0.1, 0.15) is 40.5 Å². The van der Waals surface area contributed by atoms with Gasteiger partial charge in [-0.2, -0.15) is 0 Å². The Hall–Kier alpha value is -0.468. The molecule has 1 aromatic carbocycles. The summed E-state index contributed by atoms with van der Waals surface area (Å²) in [6.45, 7) is 6.59. The third-order valence-corrected chi connectivity index (χ3v) is 6.49. The largest absolute Gasteiger partial charge is 1.00 e. The summed E-state index contributed by atoms with van der Waals surface area (Å²) in [6, 6.07) is 5.12. The van der Waals surface area contributed by atoms with Gasteiger partial charge in [-0.3, -0.25) is 0 Å². The fourth-order valence-corrected chi connectivity index (χ4v) is 4.12. The van der Waals surface area contributed by atoms with E-state index in [2.05, 4.69) is 27.7 Å². The molecule has 3 fully saturated rings. The van der Waals surface area contributed by atoms with E-state index in [9.17, 15) is 4.39 Å². The number of ether oxygens (including phenoxy) is 1. The average molecular weight is 312 g/mol. The van der Waals surface area contributed by atoms with Crippen LogP contribution in [0.25, 0.3) is 0 Å². The third kappa shape index (κ3) is 2.10. The first kappa shape index (κ1) is 17.4. The monoisotopic (exact) mass is 312 g/mol. The van der Waals surface area contributed by atoms with Crippen molar-refractivity contribution in [1.82, 2.24) is 0 Å². The van der Waals surface area contributed by atoms with Crippen molar-refractivity contribution in [3.63, 3.8) is 0 Å². The van der Waals surface area contributed by atoms with Crippen LogP contribution >= 0.6 is 0 Å². The quantitative estimate of drug-likeness (QED) is 0.749. The van der Waals surface area contributed by atoms with Crippen molar-refractivity contribution in [3.8, 4) is 5.75 Å². The summed E-state index contributed by atoms with van der Waals surface area (Å²) in [6.07, 6.45) is 2.26. The summed E-state index contributed by atoms with van der Waals surface area (Å²) >= 11 is 0. The van der Waals surface area contributed by atoms with Crippen molar-refractivity contribution < 1.29 is 37.3 Å². The number of methoxy groups -OCH3 is 1. The van der Waals surface area contributed by atoms with Crippen LogP contribution in [0.3, 0.4) is 0 Å². The van der Waals surface area contributed by atoms with E-state index in [4.69, 9.17) is 14.0 Å². The molecule has 1 aromatic rings. The summed E-state index contributed by atoms with van der Waals surface area (Å²) in [4.78, 5) is 0. The van der Waals surface area contributed by atoms with Gasteiger partial charge in [0.25, 0.3) is 6.55 Å². The Kier molecular flexibility index (Phi) is 3.62. The van der Waals surface area contributed by atoms with E-state index in [-0.39, 0.29) is 35.7 Å². The minimum atomic E-state index is -1.66. The second kappa shape index (κ2) is 4.79. The molecule has 120 valence electrons. The Morgan fingerprint density at radius 3 is 2.04 bits per heavy atom. The van der Waals surface area contributed by atoms with Gasteiger partial charge in [0, 0.05) is 11.2 Å². The smallest absolute Gasteiger partial charge is 0.558 e. The molecule has 6 heteroatoms. The number of rotatable bonds is 3. The van der Waals surface area contributed by atoms with E-state index in [1.165, 1.54) is 7.11 Å². The second-order valence-corrected chi connectivity index (χ2v) is 8.20. The first-order chi connectivity index (χ1) is 10.2. The first-order valence-corrected chi connectivity index (χ1v) is 8.06.